The molecule has 1 atom stereocenters. The summed E-state index contributed by atoms with van der Waals surface area (Å²) in [5, 5.41) is 0. The summed E-state index contributed by atoms with van der Waals surface area (Å²) in [6.07, 6.45) is 50.7. The maximum atomic E-state index is 12.4. The number of carbonyl (C=O) groups excluding carboxylic acids is 2. The lowest BCUT2D eigenvalue weighted by Crippen LogP contribution is -2.29. The minimum atomic E-state index is -4.76. The average molecular weight is 813 g/mol. The van der Waals surface area contributed by atoms with Gasteiger partial charge in [0.05, 0.1) is 6.61 Å². The van der Waals surface area contributed by atoms with Gasteiger partial charge >= 0.3 is 19.8 Å². The zero-order chi connectivity index (χ0) is 41.1. The van der Waals surface area contributed by atoms with Crippen molar-refractivity contribution < 1.29 is 37.9 Å². The molecule has 8 nitrogen and oxygen atoms in total. The van der Waals surface area contributed by atoms with E-state index in [2.05, 4.69) is 42.7 Å². The standard InChI is InChI=1S/C47H89O8P/c1-3-5-7-9-11-13-15-17-19-20-21-22-23-24-25-26-28-30-32-34-36-38-40-42-47(49)55-45(44-54-56(50,51)52)43-53-46(48)41-39-37-35-33-31-29-27-18-16-14-12-10-8-6-4-2/h31,33-34,36,45H,3-30,32,35,37-44H2,1-2H3,(H2,50,51,52)/b33-31+,36-34+/t45-/m1/s1. The summed E-state index contributed by atoms with van der Waals surface area (Å²) >= 11 is 0. The minimum absolute atomic E-state index is 0.163. The van der Waals surface area contributed by atoms with Crippen molar-refractivity contribution in [2.75, 3.05) is 13.2 Å². The molecule has 0 aliphatic rings. The number of rotatable bonds is 44. The normalized spacial score (nSPS) is 12.6. The van der Waals surface area contributed by atoms with Crippen LogP contribution in [-0.4, -0.2) is 41.0 Å². The van der Waals surface area contributed by atoms with Gasteiger partial charge in [-0.1, -0.05) is 199 Å². The van der Waals surface area contributed by atoms with Crippen molar-refractivity contribution in [1.29, 1.82) is 0 Å². The Balaban J connectivity index is 3.86. The van der Waals surface area contributed by atoms with Gasteiger partial charge in [-0.25, -0.2) is 4.57 Å². The minimum Gasteiger partial charge on any atom is -0.462 e. The number of ether oxygens (including phenoxy) is 2. The van der Waals surface area contributed by atoms with Crippen molar-refractivity contribution in [3.05, 3.63) is 24.3 Å². The number of unbranched alkanes of at least 4 members (excludes halogenated alkanes) is 30. The Morgan fingerprint density at radius 3 is 1.14 bits per heavy atom. The second-order valence-electron chi connectivity index (χ2n) is 16.1. The number of carbonyl (C=O) groups is 2. The largest absolute Gasteiger partial charge is 0.469 e. The molecule has 0 aromatic rings. The van der Waals surface area contributed by atoms with Crippen LogP contribution in [0.3, 0.4) is 0 Å². The third kappa shape index (κ3) is 45.2. The number of allylic oxidation sites excluding steroid dienone is 4. The molecule has 0 aliphatic carbocycles. The van der Waals surface area contributed by atoms with Crippen molar-refractivity contribution in [2.24, 2.45) is 0 Å². The van der Waals surface area contributed by atoms with E-state index in [4.69, 9.17) is 19.3 Å². The van der Waals surface area contributed by atoms with Crippen LogP contribution in [0.5, 0.6) is 0 Å². The molecule has 0 bridgehead atoms. The first kappa shape index (κ1) is 54.5. The molecule has 56 heavy (non-hydrogen) atoms. The van der Waals surface area contributed by atoms with Crippen LogP contribution >= 0.6 is 7.82 Å². The van der Waals surface area contributed by atoms with E-state index in [0.717, 1.165) is 32.1 Å². The van der Waals surface area contributed by atoms with Crippen molar-refractivity contribution in [3.63, 3.8) is 0 Å². The molecule has 0 rings (SSSR count). The molecular weight excluding hydrogens is 723 g/mol. The van der Waals surface area contributed by atoms with E-state index in [0.29, 0.717) is 12.8 Å². The van der Waals surface area contributed by atoms with Gasteiger partial charge in [-0.3, -0.25) is 14.1 Å². The summed E-state index contributed by atoms with van der Waals surface area (Å²) in [6.45, 7) is 3.68. The van der Waals surface area contributed by atoms with E-state index in [-0.39, 0.29) is 19.4 Å². The monoisotopic (exact) mass is 813 g/mol. The van der Waals surface area contributed by atoms with Crippen molar-refractivity contribution >= 4 is 19.8 Å². The van der Waals surface area contributed by atoms with Gasteiger partial charge in [0.15, 0.2) is 6.10 Å². The Kier molecular flexibility index (Phi) is 42.0. The van der Waals surface area contributed by atoms with E-state index in [1.54, 1.807) is 0 Å². The van der Waals surface area contributed by atoms with Crippen LogP contribution in [0.15, 0.2) is 24.3 Å². The number of hydrogen-bond donors (Lipinski definition) is 2. The lowest BCUT2D eigenvalue weighted by molar-refractivity contribution is -0.161. The topological polar surface area (TPSA) is 119 Å². The number of esters is 2. The highest BCUT2D eigenvalue weighted by Gasteiger charge is 2.22. The van der Waals surface area contributed by atoms with Gasteiger partial charge in [0.1, 0.15) is 6.61 Å². The summed E-state index contributed by atoms with van der Waals surface area (Å²) < 4.78 is 26.4. The fourth-order valence-electron chi connectivity index (χ4n) is 6.90. The second kappa shape index (κ2) is 43.1. The van der Waals surface area contributed by atoms with Crippen molar-refractivity contribution in [2.45, 2.75) is 251 Å². The predicted molar refractivity (Wildman–Crippen MR) is 235 cm³/mol. The Morgan fingerprint density at radius 1 is 0.446 bits per heavy atom. The van der Waals surface area contributed by atoms with Gasteiger partial charge in [-0.05, 0) is 57.8 Å². The molecule has 0 fully saturated rings. The highest BCUT2D eigenvalue weighted by molar-refractivity contribution is 7.46. The summed E-state index contributed by atoms with van der Waals surface area (Å²) in [7, 11) is -4.76. The maximum Gasteiger partial charge on any atom is 0.469 e. The zero-order valence-corrected chi connectivity index (χ0v) is 37.4. The molecule has 0 saturated heterocycles. The number of phosphoric ester groups is 1. The highest BCUT2D eigenvalue weighted by Crippen LogP contribution is 2.36. The lowest BCUT2D eigenvalue weighted by Gasteiger charge is -2.18. The first-order chi connectivity index (χ1) is 27.3. The van der Waals surface area contributed by atoms with Gasteiger partial charge in [-0.15, -0.1) is 0 Å². The van der Waals surface area contributed by atoms with E-state index >= 15 is 0 Å². The first-order valence-corrected chi connectivity index (χ1v) is 25.2. The Labute approximate surface area is 345 Å². The molecule has 0 aromatic carbocycles. The lowest BCUT2D eigenvalue weighted by atomic mass is 10.0. The summed E-state index contributed by atoms with van der Waals surface area (Å²) in [6, 6.07) is 0. The van der Waals surface area contributed by atoms with Crippen molar-refractivity contribution in [1.82, 2.24) is 0 Å². The molecule has 0 saturated carbocycles. The third-order valence-electron chi connectivity index (χ3n) is 10.4. The van der Waals surface area contributed by atoms with E-state index in [9.17, 15) is 14.2 Å². The van der Waals surface area contributed by atoms with E-state index < -0.39 is 32.5 Å². The average Bonchev–Trinajstić information content (AvgIpc) is 3.17. The van der Waals surface area contributed by atoms with Crippen LogP contribution in [0.1, 0.15) is 245 Å². The van der Waals surface area contributed by atoms with Gasteiger partial charge in [0, 0.05) is 12.8 Å². The number of phosphoric acid groups is 1. The molecular formula is C47H89O8P. The van der Waals surface area contributed by atoms with Gasteiger partial charge < -0.3 is 19.3 Å². The summed E-state index contributed by atoms with van der Waals surface area (Å²) in [5.74, 6) is -0.938. The Hall–Kier alpha value is -1.47. The molecule has 0 aliphatic heterocycles. The smallest absolute Gasteiger partial charge is 0.462 e. The van der Waals surface area contributed by atoms with E-state index in [1.165, 1.54) is 173 Å². The quantitative estimate of drug-likeness (QED) is 0.0270. The number of hydrogen-bond acceptors (Lipinski definition) is 6. The molecule has 0 aromatic heterocycles. The second-order valence-corrected chi connectivity index (χ2v) is 17.3. The van der Waals surface area contributed by atoms with Crippen molar-refractivity contribution in [3.8, 4) is 0 Å². The SMILES string of the molecule is CCCCCCCCCCC/C=C/CCCCC(=O)OC[C@H](COP(=O)(O)O)OC(=O)CCC/C=C/CCCCCCCCCCCCCCCCCCCC. The molecule has 330 valence electrons. The van der Waals surface area contributed by atoms with Crippen LogP contribution in [0.2, 0.25) is 0 Å². The molecule has 0 amide bonds. The summed E-state index contributed by atoms with van der Waals surface area (Å²) in [5.41, 5.74) is 0. The van der Waals surface area contributed by atoms with Crippen LogP contribution in [-0.2, 0) is 28.2 Å². The third-order valence-corrected chi connectivity index (χ3v) is 10.9. The molecule has 0 spiro atoms. The Morgan fingerprint density at radius 2 is 0.768 bits per heavy atom. The fourth-order valence-corrected chi connectivity index (χ4v) is 7.26. The molecule has 9 heteroatoms. The molecule has 0 unspecified atom stereocenters. The van der Waals surface area contributed by atoms with Crippen LogP contribution in [0.4, 0.5) is 0 Å². The van der Waals surface area contributed by atoms with E-state index in [1.807, 2.05) is 0 Å². The van der Waals surface area contributed by atoms with Gasteiger partial charge in [-0.2, -0.15) is 0 Å². The zero-order valence-electron chi connectivity index (χ0n) is 36.5. The van der Waals surface area contributed by atoms with Crippen LogP contribution < -0.4 is 0 Å². The van der Waals surface area contributed by atoms with Crippen LogP contribution in [0.25, 0.3) is 0 Å². The summed E-state index contributed by atoms with van der Waals surface area (Å²) in [4.78, 5) is 42.9. The first-order valence-electron chi connectivity index (χ1n) is 23.6. The van der Waals surface area contributed by atoms with Gasteiger partial charge in [0.25, 0.3) is 0 Å². The van der Waals surface area contributed by atoms with Gasteiger partial charge in [0.2, 0.25) is 0 Å². The van der Waals surface area contributed by atoms with Crippen LogP contribution in [0, 0.1) is 0 Å². The Bertz CT molecular complexity index is 962. The molecule has 0 heterocycles. The molecule has 0 radical (unpaired) electrons. The maximum absolute atomic E-state index is 12.4. The highest BCUT2D eigenvalue weighted by atomic mass is 31.2. The predicted octanol–water partition coefficient (Wildman–Crippen LogP) is 14.7. The fraction of sp³-hybridized carbons (Fsp3) is 0.872. The molecule has 2 N–H and O–H groups in total.